The summed E-state index contributed by atoms with van der Waals surface area (Å²) in [5.74, 6) is -1.77. The normalized spacial score (nSPS) is 10.1. The molecule has 0 atom stereocenters. The van der Waals surface area contributed by atoms with E-state index in [0.717, 1.165) is 0 Å². The minimum Gasteiger partial charge on any atom is -0.493 e. The lowest BCUT2D eigenvalue weighted by Gasteiger charge is -2.17. The molecule has 20 heavy (non-hydrogen) atoms. The zero-order chi connectivity index (χ0) is 15.3. The largest absolute Gasteiger partial charge is 0.493 e. The van der Waals surface area contributed by atoms with E-state index in [0.29, 0.717) is 21.5 Å². The van der Waals surface area contributed by atoms with Crippen LogP contribution in [0.15, 0.2) is 16.6 Å². The fraction of sp³-hybridized carbons (Fsp3) is 0.385. The third-order valence-electron chi connectivity index (χ3n) is 2.69. The second-order valence-electron chi connectivity index (χ2n) is 3.71. The van der Waals surface area contributed by atoms with E-state index in [-0.39, 0.29) is 0 Å². The van der Waals surface area contributed by atoms with Crippen molar-refractivity contribution in [2.24, 2.45) is 0 Å². The van der Waals surface area contributed by atoms with Gasteiger partial charge in [0.15, 0.2) is 17.4 Å². The average Bonchev–Trinajstić information content (AvgIpc) is 2.47. The van der Waals surface area contributed by atoms with Crippen LogP contribution in [0.2, 0.25) is 0 Å². The maximum absolute atomic E-state index is 11.8. The molecule has 0 aromatic heterocycles. The highest BCUT2D eigenvalue weighted by Crippen LogP contribution is 2.37. The molecular weight excluding hydrogens is 332 g/mol. The Hall–Kier alpha value is -1.76. The summed E-state index contributed by atoms with van der Waals surface area (Å²) < 4.78 is 20.1. The summed E-state index contributed by atoms with van der Waals surface area (Å²) >= 11 is 3.30. The Labute approximate surface area is 125 Å². The number of benzene rings is 1. The van der Waals surface area contributed by atoms with E-state index in [2.05, 4.69) is 25.4 Å². The maximum Gasteiger partial charge on any atom is 0.324 e. The van der Waals surface area contributed by atoms with Crippen molar-refractivity contribution in [1.82, 2.24) is 0 Å². The van der Waals surface area contributed by atoms with E-state index >= 15 is 0 Å². The minimum atomic E-state index is -1.20. The highest BCUT2D eigenvalue weighted by molar-refractivity contribution is 9.10. The van der Waals surface area contributed by atoms with E-state index in [1.165, 1.54) is 34.5 Å². The summed E-state index contributed by atoms with van der Waals surface area (Å²) in [5.41, 5.74) is 0.376. The van der Waals surface area contributed by atoms with Crippen LogP contribution < -0.4 is 9.47 Å². The Morgan fingerprint density at radius 2 is 1.40 bits per heavy atom. The predicted octanol–water partition coefficient (Wildman–Crippen LogP) is 1.90. The Kier molecular flexibility index (Phi) is 5.82. The minimum absolute atomic E-state index is 0.376. The molecule has 0 spiro atoms. The lowest BCUT2D eigenvalue weighted by molar-refractivity contribution is -0.154. The summed E-state index contributed by atoms with van der Waals surface area (Å²) in [6, 6.07) is 3.13. The van der Waals surface area contributed by atoms with E-state index in [1.54, 1.807) is 6.07 Å². The summed E-state index contributed by atoms with van der Waals surface area (Å²) in [7, 11) is 5.35. The van der Waals surface area contributed by atoms with Crippen molar-refractivity contribution >= 4 is 27.9 Å². The van der Waals surface area contributed by atoms with Gasteiger partial charge in [0.05, 0.1) is 28.4 Å². The van der Waals surface area contributed by atoms with E-state index in [4.69, 9.17) is 9.47 Å². The monoisotopic (exact) mass is 346 g/mol. The van der Waals surface area contributed by atoms with Gasteiger partial charge in [0.25, 0.3) is 0 Å². The highest BCUT2D eigenvalue weighted by atomic mass is 79.9. The molecule has 1 aromatic rings. The third-order valence-corrected chi connectivity index (χ3v) is 3.37. The number of carbonyl (C=O) groups excluding carboxylic acids is 2. The van der Waals surface area contributed by atoms with E-state index < -0.39 is 17.9 Å². The Morgan fingerprint density at radius 3 is 1.80 bits per heavy atom. The van der Waals surface area contributed by atoms with Gasteiger partial charge in [-0.2, -0.15) is 0 Å². The number of halogens is 1. The van der Waals surface area contributed by atoms with Crippen LogP contribution in [0.25, 0.3) is 0 Å². The molecular formula is C13H15BrO6. The van der Waals surface area contributed by atoms with Crippen LogP contribution >= 0.6 is 15.9 Å². The first-order valence-electron chi connectivity index (χ1n) is 5.57. The molecule has 0 aliphatic rings. The van der Waals surface area contributed by atoms with Gasteiger partial charge < -0.3 is 18.9 Å². The topological polar surface area (TPSA) is 71.1 Å². The number of hydrogen-bond donors (Lipinski definition) is 0. The van der Waals surface area contributed by atoms with E-state index in [1.807, 2.05) is 0 Å². The second-order valence-corrected chi connectivity index (χ2v) is 4.56. The third kappa shape index (κ3) is 3.22. The maximum atomic E-state index is 11.8. The molecule has 6 nitrogen and oxygen atoms in total. The SMILES string of the molecule is COC(=O)C(C(=O)OC)c1cc(OC)c(OC)cc1Br. The van der Waals surface area contributed by atoms with Gasteiger partial charge in [0.1, 0.15) is 0 Å². The fourth-order valence-corrected chi connectivity index (χ4v) is 2.23. The number of ether oxygens (including phenoxy) is 4. The van der Waals surface area contributed by atoms with Crippen LogP contribution in [-0.2, 0) is 19.1 Å². The Morgan fingerprint density at radius 1 is 0.950 bits per heavy atom. The molecule has 110 valence electrons. The van der Waals surface area contributed by atoms with Crippen molar-refractivity contribution < 1.29 is 28.5 Å². The molecule has 0 bridgehead atoms. The molecule has 0 aliphatic heterocycles. The van der Waals surface area contributed by atoms with Crippen molar-refractivity contribution in [3.63, 3.8) is 0 Å². The van der Waals surface area contributed by atoms with Crippen LogP contribution in [0.3, 0.4) is 0 Å². The molecule has 0 radical (unpaired) electrons. The standard InChI is InChI=1S/C13H15BrO6/c1-17-9-5-7(8(14)6-10(9)18-2)11(12(15)19-3)13(16)20-4/h5-6,11H,1-4H3. The summed E-state index contributed by atoms with van der Waals surface area (Å²) in [5, 5.41) is 0. The van der Waals surface area contributed by atoms with Crippen molar-refractivity contribution in [1.29, 1.82) is 0 Å². The number of hydrogen-bond acceptors (Lipinski definition) is 6. The number of rotatable bonds is 5. The van der Waals surface area contributed by atoms with Crippen LogP contribution in [0.1, 0.15) is 11.5 Å². The molecule has 0 aliphatic carbocycles. The van der Waals surface area contributed by atoms with Gasteiger partial charge in [-0.3, -0.25) is 9.59 Å². The van der Waals surface area contributed by atoms with Crippen LogP contribution in [0.5, 0.6) is 11.5 Å². The lowest BCUT2D eigenvalue weighted by Crippen LogP contribution is -2.24. The molecule has 0 N–H and O–H groups in total. The van der Waals surface area contributed by atoms with Gasteiger partial charge in [-0.1, -0.05) is 15.9 Å². The number of carbonyl (C=O) groups is 2. The Bertz CT molecular complexity index is 498. The van der Waals surface area contributed by atoms with Gasteiger partial charge in [-0.25, -0.2) is 0 Å². The first-order chi connectivity index (χ1) is 9.49. The van der Waals surface area contributed by atoms with Gasteiger partial charge >= 0.3 is 11.9 Å². The van der Waals surface area contributed by atoms with Crippen molar-refractivity contribution in [2.45, 2.75) is 5.92 Å². The van der Waals surface area contributed by atoms with Crippen molar-refractivity contribution in [2.75, 3.05) is 28.4 Å². The van der Waals surface area contributed by atoms with Crippen LogP contribution in [0.4, 0.5) is 0 Å². The first kappa shape index (κ1) is 16.3. The van der Waals surface area contributed by atoms with Crippen LogP contribution in [-0.4, -0.2) is 40.4 Å². The summed E-state index contributed by atoms with van der Waals surface area (Å²) in [6.07, 6.45) is 0. The van der Waals surface area contributed by atoms with Crippen LogP contribution in [0, 0.1) is 0 Å². The quantitative estimate of drug-likeness (QED) is 0.599. The molecule has 0 saturated heterocycles. The molecule has 1 aromatic carbocycles. The molecule has 1 rings (SSSR count). The zero-order valence-electron chi connectivity index (χ0n) is 11.6. The average molecular weight is 347 g/mol. The van der Waals surface area contributed by atoms with E-state index in [9.17, 15) is 9.59 Å². The molecule has 0 saturated carbocycles. The van der Waals surface area contributed by atoms with Gasteiger partial charge in [-0.05, 0) is 17.7 Å². The van der Waals surface area contributed by atoms with Gasteiger partial charge in [-0.15, -0.1) is 0 Å². The Balaban J connectivity index is 3.40. The van der Waals surface area contributed by atoms with Gasteiger partial charge in [0, 0.05) is 4.47 Å². The predicted molar refractivity (Wildman–Crippen MR) is 74.0 cm³/mol. The number of esters is 2. The lowest BCUT2D eigenvalue weighted by atomic mass is 9.98. The molecule has 7 heteroatoms. The smallest absolute Gasteiger partial charge is 0.324 e. The highest BCUT2D eigenvalue weighted by Gasteiger charge is 2.33. The van der Waals surface area contributed by atoms with Gasteiger partial charge in [0.2, 0.25) is 0 Å². The second kappa shape index (κ2) is 7.14. The zero-order valence-corrected chi connectivity index (χ0v) is 13.1. The molecule has 0 heterocycles. The van der Waals surface area contributed by atoms with Crippen molar-refractivity contribution in [3.05, 3.63) is 22.2 Å². The summed E-state index contributed by atoms with van der Waals surface area (Å²) in [4.78, 5) is 23.6. The van der Waals surface area contributed by atoms with Crippen molar-refractivity contribution in [3.8, 4) is 11.5 Å². The fourth-order valence-electron chi connectivity index (χ4n) is 1.68. The number of methoxy groups -OCH3 is 4. The molecule has 0 unspecified atom stereocenters. The molecule has 0 amide bonds. The summed E-state index contributed by atoms with van der Waals surface area (Å²) in [6.45, 7) is 0. The first-order valence-corrected chi connectivity index (χ1v) is 6.36. The molecule has 0 fully saturated rings.